The SMILES string of the molecule is NC(=O)N/N=C(\Cc1nc2ccc(C(=O)c3ccccc3)cc2[nH]c1=O)C(=O)Nc1ccc(C(F)(F)F)cc1[NH+]([O-])O. The van der Waals surface area contributed by atoms with Crippen LogP contribution in [-0.4, -0.2) is 38.6 Å². The van der Waals surface area contributed by atoms with Crippen molar-refractivity contribution >= 4 is 45.8 Å². The Kier molecular flexibility index (Phi) is 8.41. The summed E-state index contributed by atoms with van der Waals surface area (Å²) >= 11 is 0. The second-order valence-electron chi connectivity index (χ2n) is 8.67. The number of rotatable bonds is 8. The summed E-state index contributed by atoms with van der Waals surface area (Å²) < 4.78 is 39.2. The first kappa shape index (κ1) is 29.5. The normalized spacial score (nSPS) is 12.5. The van der Waals surface area contributed by atoms with Gasteiger partial charge in [-0.25, -0.2) is 20.4 Å². The molecular formula is C26H20F3N7O6. The van der Waals surface area contributed by atoms with Gasteiger partial charge >= 0.3 is 12.2 Å². The lowest BCUT2D eigenvalue weighted by Gasteiger charge is -2.18. The number of H-pyrrole nitrogens is 1. The molecule has 3 amide bonds. The van der Waals surface area contributed by atoms with Gasteiger partial charge in [-0.3, -0.25) is 14.4 Å². The summed E-state index contributed by atoms with van der Waals surface area (Å²) in [6.45, 7) is 0. The number of aromatic nitrogens is 2. The van der Waals surface area contributed by atoms with Crippen molar-refractivity contribution in [3.05, 3.63) is 105 Å². The van der Waals surface area contributed by atoms with Gasteiger partial charge in [-0.15, -0.1) is 0 Å². The number of halogens is 3. The van der Waals surface area contributed by atoms with Crippen LogP contribution in [-0.2, 0) is 17.4 Å². The molecule has 1 atom stereocenters. The fourth-order valence-corrected chi connectivity index (χ4v) is 3.79. The zero-order valence-electron chi connectivity index (χ0n) is 21.2. The molecule has 1 unspecified atom stereocenters. The van der Waals surface area contributed by atoms with Crippen LogP contribution in [0, 0.1) is 5.21 Å². The van der Waals surface area contributed by atoms with E-state index in [9.17, 15) is 42.8 Å². The van der Waals surface area contributed by atoms with Gasteiger partial charge in [-0.1, -0.05) is 30.3 Å². The molecule has 0 aliphatic heterocycles. The van der Waals surface area contributed by atoms with Crippen molar-refractivity contribution < 1.29 is 38.0 Å². The third-order valence-corrected chi connectivity index (χ3v) is 5.78. The van der Waals surface area contributed by atoms with Crippen molar-refractivity contribution in [3.8, 4) is 0 Å². The van der Waals surface area contributed by atoms with Gasteiger partial charge < -0.3 is 21.2 Å². The molecule has 0 radical (unpaired) electrons. The molecule has 16 heteroatoms. The maximum Gasteiger partial charge on any atom is 0.416 e. The number of fused-ring (bicyclic) bond motifs is 1. The zero-order chi connectivity index (χ0) is 30.6. The minimum atomic E-state index is -4.84. The number of aromatic amines is 1. The molecule has 7 N–H and O–H groups in total. The van der Waals surface area contributed by atoms with Gasteiger partial charge in [0.15, 0.2) is 11.5 Å². The summed E-state index contributed by atoms with van der Waals surface area (Å²) in [5.74, 6) is -1.47. The Labute approximate surface area is 233 Å². The van der Waals surface area contributed by atoms with E-state index < -0.39 is 58.0 Å². The second kappa shape index (κ2) is 12.0. The first-order chi connectivity index (χ1) is 19.8. The molecule has 0 bridgehead atoms. The van der Waals surface area contributed by atoms with E-state index in [0.29, 0.717) is 17.7 Å². The number of ketones is 1. The number of quaternary nitrogens is 1. The minimum Gasteiger partial charge on any atom is -0.595 e. The topological polar surface area (TPSA) is 207 Å². The third-order valence-electron chi connectivity index (χ3n) is 5.78. The van der Waals surface area contributed by atoms with E-state index in [1.54, 1.807) is 30.3 Å². The van der Waals surface area contributed by atoms with Gasteiger partial charge in [0.1, 0.15) is 17.1 Å². The number of urea groups is 1. The Morgan fingerprint density at radius 1 is 1.05 bits per heavy atom. The van der Waals surface area contributed by atoms with Gasteiger partial charge in [-0.2, -0.15) is 23.5 Å². The number of primary amides is 1. The van der Waals surface area contributed by atoms with Gasteiger partial charge in [0.25, 0.3) is 11.5 Å². The smallest absolute Gasteiger partial charge is 0.416 e. The van der Waals surface area contributed by atoms with Crippen LogP contribution < -0.4 is 27.3 Å². The number of nitrogens with two attached hydrogens (primary N) is 1. The van der Waals surface area contributed by atoms with E-state index in [0.717, 1.165) is 6.07 Å². The lowest BCUT2D eigenvalue weighted by Crippen LogP contribution is -2.99. The number of alkyl halides is 3. The largest absolute Gasteiger partial charge is 0.595 e. The van der Waals surface area contributed by atoms with Gasteiger partial charge in [0.05, 0.1) is 16.6 Å². The van der Waals surface area contributed by atoms with Crippen LogP contribution in [0.2, 0.25) is 0 Å². The highest BCUT2D eigenvalue weighted by molar-refractivity contribution is 6.43. The molecular weight excluding hydrogens is 563 g/mol. The fraction of sp³-hybridized carbons (Fsp3) is 0.0769. The van der Waals surface area contributed by atoms with Crippen LogP contribution >= 0.6 is 0 Å². The number of hydrogen-bond acceptors (Lipinski definition) is 8. The molecule has 42 heavy (non-hydrogen) atoms. The lowest BCUT2D eigenvalue weighted by molar-refractivity contribution is -0.990. The molecule has 0 saturated heterocycles. The maximum atomic E-state index is 13.1. The van der Waals surface area contributed by atoms with Gasteiger partial charge in [0, 0.05) is 23.6 Å². The number of carbonyl (C=O) groups excluding carboxylic acids is 3. The molecule has 0 aliphatic rings. The predicted octanol–water partition coefficient (Wildman–Crippen LogP) is 1.78. The summed E-state index contributed by atoms with van der Waals surface area (Å²) in [6, 6.07) is 13.2. The fourth-order valence-electron chi connectivity index (χ4n) is 3.79. The van der Waals surface area contributed by atoms with Crippen molar-refractivity contribution in [1.82, 2.24) is 15.4 Å². The Bertz CT molecular complexity index is 1770. The molecule has 0 aliphatic carbocycles. The molecule has 1 aromatic heterocycles. The van der Waals surface area contributed by atoms with E-state index in [2.05, 4.69) is 20.4 Å². The summed E-state index contributed by atoms with van der Waals surface area (Å²) in [6.07, 6.45) is -5.46. The van der Waals surface area contributed by atoms with E-state index in [-0.39, 0.29) is 28.1 Å². The summed E-state index contributed by atoms with van der Waals surface area (Å²) in [5.41, 5.74) is 3.68. The van der Waals surface area contributed by atoms with Crippen molar-refractivity contribution in [2.75, 3.05) is 5.32 Å². The average molecular weight is 583 g/mol. The van der Waals surface area contributed by atoms with E-state index in [1.165, 1.54) is 18.2 Å². The average Bonchev–Trinajstić information content (AvgIpc) is 2.94. The number of amides is 3. The highest BCUT2D eigenvalue weighted by Gasteiger charge is 2.32. The first-order valence-electron chi connectivity index (χ1n) is 11.8. The first-order valence-corrected chi connectivity index (χ1v) is 11.8. The summed E-state index contributed by atoms with van der Waals surface area (Å²) in [7, 11) is 0. The van der Waals surface area contributed by atoms with E-state index in [4.69, 9.17) is 5.73 Å². The maximum absolute atomic E-state index is 13.1. The zero-order valence-corrected chi connectivity index (χ0v) is 21.2. The van der Waals surface area contributed by atoms with Crippen LogP contribution in [0.3, 0.4) is 0 Å². The highest BCUT2D eigenvalue weighted by atomic mass is 19.4. The van der Waals surface area contributed by atoms with Crippen LogP contribution in [0.4, 0.5) is 29.3 Å². The highest BCUT2D eigenvalue weighted by Crippen LogP contribution is 2.32. The monoisotopic (exact) mass is 583 g/mol. The van der Waals surface area contributed by atoms with Gasteiger partial charge in [-0.05, 0) is 30.3 Å². The van der Waals surface area contributed by atoms with Crippen molar-refractivity contribution in [2.45, 2.75) is 12.6 Å². The third kappa shape index (κ3) is 6.81. The Hall–Kier alpha value is -5.45. The number of nitrogens with one attached hydrogen (secondary N) is 4. The van der Waals surface area contributed by atoms with Crippen LogP contribution in [0.25, 0.3) is 11.0 Å². The molecule has 0 spiro atoms. The molecule has 1 heterocycles. The van der Waals surface area contributed by atoms with E-state index >= 15 is 0 Å². The Balaban J connectivity index is 1.64. The number of hydrazone groups is 1. The molecule has 4 aromatic rings. The molecule has 0 saturated carbocycles. The van der Waals surface area contributed by atoms with Crippen LogP contribution in [0.15, 0.2) is 76.6 Å². The molecule has 3 aromatic carbocycles. The number of anilines is 1. The Morgan fingerprint density at radius 3 is 2.40 bits per heavy atom. The number of nitrogens with zero attached hydrogens (tertiary/aromatic N) is 2. The summed E-state index contributed by atoms with van der Waals surface area (Å²) in [4.78, 5) is 56.6. The molecule has 0 fully saturated rings. The van der Waals surface area contributed by atoms with Crippen LogP contribution in [0.1, 0.15) is 27.2 Å². The molecule has 216 valence electrons. The quantitative estimate of drug-likeness (QED) is 0.103. The van der Waals surface area contributed by atoms with Crippen molar-refractivity contribution in [2.24, 2.45) is 10.8 Å². The number of carbonyl (C=O) groups is 3. The molecule has 4 rings (SSSR count). The number of benzene rings is 3. The second-order valence-corrected chi connectivity index (χ2v) is 8.67. The summed E-state index contributed by atoms with van der Waals surface area (Å²) in [5, 5.41) is 24.9. The minimum absolute atomic E-state index is 0.208. The van der Waals surface area contributed by atoms with Gasteiger partial charge in [0.2, 0.25) is 0 Å². The molecule has 13 nitrogen and oxygen atoms in total. The number of hydrogen-bond donors (Lipinski definition) is 6. The van der Waals surface area contributed by atoms with Crippen molar-refractivity contribution in [3.63, 3.8) is 0 Å². The van der Waals surface area contributed by atoms with E-state index in [1.807, 2.05) is 5.43 Å². The van der Waals surface area contributed by atoms with Crippen LogP contribution in [0.5, 0.6) is 0 Å². The van der Waals surface area contributed by atoms with Crippen molar-refractivity contribution in [1.29, 1.82) is 0 Å². The predicted molar refractivity (Wildman–Crippen MR) is 142 cm³/mol. The lowest BCUT2D eigenvalue weighted by atomic mass is 10.0. The Morgan fingerprint density at radius 2 is 1.76 bits per heavy atom. The standard InChI is InChI=1S/C26H20F3N7O6/c27-26(28,29)15-7-9-17(21(11-15)36(41)42)32-24(39)20(34-35-25(30)40)12-19-23(38)33-18-10-14(6-8-16(18)31-19)22(37)13-4-2-1-3-5-13/h1-11,36,41H,12H2,(H,32,39)(H,33,38)(H3,30,35,40)/b34-20+.